The molecule has 0 amide bonds. The summed E-state index contributed by atoms with van der Waals surface area (Å²) >= 11 is 8.71. The Labute approximate surface area is 236 Å². The van der Waals surface area contributed by atoms with Crippen LogP contribution >= 0.6 is 34.7 Å². The van der Waals surface area contributed by atoms with Gasteiger partial charge >= 0.3 is 0 Å². The molecule has 0 saturated heterocycles. The van der Waals surface area contributed by atoms with Crippen LogP contribution in [0.25, 0.3) is 10.9 Å². The number of pyridine rings is 2. The van der Waals surface area contributed by atoms with Gasteiger partial charge in [-0.1, -0.05) is 23.4 Å². The van der Waals surface area contributed by atoms with Crippen LogP contribution in [0, 0.1) is 17.6 Å². The molecular weight excluding hydrogens is 566 g/mol. The highest BCUT2D eigenvalue weighted by Gasteiger charge is 2.66. The summed E-state index contributed by atoms with van der Waals surface area (Å²) in [4.78, 5) is 17.7. The standard InChI is InChI=1S/C26H23ClF2N6O2S2/c1-25(18-8-26(18,12-36-2)39-24(30)35-25)16-6-14(7-17(28)21(16)29)34-23-22-13(3-4-31-23)5-15(9-33-22)37-11-20-32-10-19(27)38-20/h3-7,9-10,18H,8,11-12H2,1-2H3,(H2,30,35)(H,31,34)/t18-,25+,26+/m0/s1. The van der Waals surface area contributed by atoms with Gasteiger partial charge in [0.05, 0.1) is 29.3 Å². The highest BCUT2D eigenvalue weighted by atomic mass is 35.5. The minimum atomic E-state index is -1.05. The minimum absolute atomic E-state index is 0.0532. The zero-order valence-corrected chi connectivity index (χ0v) is 23.3. The molecule has 6 rings (SSSR count). The fourth-order valence-corrected chi connectivity index (χ4v) is 7.53. The van der Waals surface area contributed by atoms with E-state index in [1.807, 2.05) is 6.07 Å². The lowest BCUT2D eigenvalue weighted by Crippen LogP contribution is -2.37. The van der Waals surface area contributed by atoms with Crippen molar-refractivity contribution in [1.82, 2.24) is 15.0 Å². The third-order valence-electron chi connectivity index (χ3n) is 7.04. The smallest absolute Gasteiger partial charge is 0.164 e. The second-order valence-electron chi connectivity index (χ2n) is 9.65. The predicted octanol–water partition coefficient (Wildman–Crippen LogP) is 6.02. The van der Waals surface area contributed by atoms with E-state index in [9.17, 15) is 4.39 Å². The molecule has 3 N–H and O–H groups in total. The molecule has 0 bridgehead atoms. The number of nitrogens with one attached hydrogen (secondary N) is 1. The molecule has 202 valence electrons. The molecule has 3 atom stereocenters. The van der Waals surface area contributed by atoms with Crippen molar-refractivity contribution >= 4 is 62.3 Å². The molecule has 13 heteroatoms. The number of aliphatic imine (C=N–C) groups is 1. The van der Waals surface area contributed by atoms with E-state index < -0.39 is 17.2 Å². The summed E-state index contributed by atoms with van der Waals surface area (Å²) in [5, 5.41) is 4.94. The Kier molecular flexibility index (Phi) is 6.61. The molecule has 1 aliphatic heterocycles. The number of aromatic nitrogens is 3. The first-order valence-electron chi connectivity index (χ1n) is 12.0. The zero-order chi connectivity index (χ0) is 27.4. The normalized spacial score (nSPS) is 23.8. The molecule has 3 aromatic heterocycles. The van der Waals surface area contributed by atoms with Crippen LogP contribution in [0.2, 0.25) is 4.34 Å². The lowest BCUT2D eigenvalue weighted by molar-refractivity contribution is 0.184. The molecule has 1 aromatic carbocycles. The van der Waals surface area contributed by atoms with Gasteiger partial charge in [-0.25, -0.2) is 23.7 Å². The van der Waals surface area contributed by atoms with Crippen molar-refractivity contribution in [2.24, 2.45) is 16.6 Å². The maximum atomic E-state index is 15.3. The van der Waals surface area contributed by atoms with Crippen molar-refractivity contribution < 1.29 is 18.3 Å². The highest BCUT2D eigenvalue weighted by molar-refractivity contribution is 8.15. The van der Waals surface area contributed by atoms with Gasteiger partial charge in [-0.2, -0.15) is 0 Å². The van der Waals surface area contributed by atoms with Crippen molar-refractivity contribution in [1.29, 1.82) is 0 Å². The van der Waals surface area contributed by atoms with Gasteiger partial charge in [0, 0.05) is 41.9 Å². The fourth-order valence-electron chi connectivity index (χ4n) is 5.21. The summed E-state index contributed by atoms with van der Waals surface area (Å²) in [6.45, 7) is 2.50. The largest absolute Gasteiger partial charge is 0.485 e. The Balaban J connectivity index is 1.30. The van der Waals surface area contributed by atoms with Crippen LogP contribution in [0.5, 0.6) is 5.75 Å². The van der Waals surface area contributed by atoms with Gasteiger partial charge in [0.25, 0.3) is 0 Å². The van der Waals surface area contributed by atoms with Gasteiger partial charge in [0.15, 0.2) is 22.6 Å². The summed E-state index contributed by atoms with van der Waals surface area (Å²) < 4.78 is 41.7. The molecule has 0 unspecified atom stereocenters. The quantitative estimate of drug-likeness (QED) is 0.257. The first-order valence-corrected chi connectivity index (χ1v) is 14.0. The van der Waals surface area contributed by atoms with Gasteiger partial charge in [-0.15, -0.1) is 11.3 Å². The number of ether oxygens (including phenoxy) is 2. The molecule has 4 aromatic rings. The van der Waals surface area contributed by atoms with E-state index in [-0.39, 0.29) is 22.8 Å². The number of benzene rings is 1. The third kappa shape index (κ3) is 4.79. The number of methoxy groups -OCH3 is 1. The third-order valence-corrected chi connectivity index (χ3v) is 9.40. The van der Waals surface area contributed by atoms with Crippen LogP contribution in [0.1, 0.15) is 23.9 Å². The molecule has 2 aliphatic rings. The van der Waals surface area contributed by atoms with E-state index in [2.05, 4.69) is 25.3 Å². The van der Waals surface area contributed by atoms with Gasteiger partial charge < -0.3 is 20.5 Å². The maximum Gasteiger partial charge on any atom is 0.164 e. The van der Waals surface area contributed by atoms with Crippen molar-refractivity contribution in [3.63, 3.8) is 0 Å². The van der Waals surface area contributed by atoms with Crippen molar-refractivity contribution in [2.75, 3.05) is 19.0 Å². The first-order chi connectivity index (χ1) is 18.7. The molecule has 8 nitrogen and oxygen atoms in total. The number of hydrogen-bond acceptors (Lipinski definition) is 10. The SMILES string of the molecule is COC[C@]12C[C@H]1[C@@](C)(c1cc(Nc3nccc4cc(OCc5ncc(Cl)s5)cnc34)cc(F)c1F)N=C(N)S2. The molecule has 39 heavy (non-hydrogen) atoms. The van der Waals surface area contributed by atoms with Crippen LogP contribution in [-0.2, 0) is 16.9 Å². The number of nitrogens with two attached hydrogens (primary N) is 1. The predicted molar refractivity (Wildman–Crippen MR) is 150 cm³/mol. The first kappa shape index (κ1) is 26.2. The van der Waals surface area contributed by atoms with Gasteiger partial charge in [0.2, 0.25) is 0 Å². The van der Waals surface area contributed by atoms with Crippen molar-refractivity contribution in [2.45, 2.75) is 30.2 Å². The summed E-state index contributed by atoms with van der Waals surface area (Å²) in [6, 6.07) is 6.28. The summed E-state index contributed by atoms with van der Waals surface area (Å²) in [6.07, 6.45) is 5.49. The molecule has 1 saturated carbocycles. The Morgan fingerprint density at radius 3 is 2.82 bits per heavy atom. The van der Waals surface area contributed by atoms with Crippen LogP contribution in [0.4, 0.5) is 20.3 Å². The van der Waals surface area contributed by atoms with Crippen molar-refractivity contribution in [3.05, 3.63) is 69.4 Å². The Morgan fingerprint density at radius 1 is 1.21 bits per heavy atom. The Morgan fingerprint density at radius 2 is 2.05 bits per heavy atom. The number of nitrogens with zero attached hydrogens (tertiary/aromatic N) is 4. The number of anilines is 2. The average molecular weight is 589 g/mol. The number of thiazole rings is 1. The van der Waals surface area contributed by atoms with E-state index in [4.69, 9.17) is 26.8 Å². The van der Waals surface area contributed by atoms with Crippen LogP contribution in [0.15, 0.2) is 47.8 Å². The van der Waals surface area contributed by atoms with E-state index in [0.717, 1.165) is 22.9 Å². The van der Waals surface area contributed by atoms with Crippen LogP contribution < -0.4 is 15.8 Å². The number of amidine groups is 1. The number of halogens is 3. The van der Waals surface area contributed by atoms with E-state index in [0.29, 0.717) is 38.9 Å². The molecule has 0 spiro atoms. The van der Waals surface area contributed by atoms with Gasteiger partial charge in [-0.05, 0) is 31.5 Å². The van der Waals surface area contributed by atoms with E-state index in [1.165, 1.54) is 23.1 Å². The van der Waals surface area contributed by atoms with Crippen LogP contribution in [-0.4, -0.2) is 38.6 Å². The van der Waals surface area contributed by atoms with Gasteiger partial charge in [-0.3, -0.25) is 4.99 Å². The number of hydrogen-bond donors (Lipinski definition) is 2. The number of thioether (sulfide) groups is 1. The molecule has 4 heterocycles. The Hall–Kier alpha value is -3.06. The Bertz CT molecular complexity index is 1620. The number of rotatable bonds is 8. The minimum Gasteiger partial charge on any atom is -0.485 e. The second kappa shape index (κ2) is 9.84. The lowest BCUT2D eigenvalue weighted by atomic mass is 9.85. The summed E-state index contributed by atoms with van der Waals surface area (Å²) in [5.74, 6) is -1.06. The monoisotopic (exact) mass is 588 g/mol. The van der Waals surface area contributed by atoms with E-state index >= 15 is 4.39 Å². The molecule has 0 radical (unpaired) electrons. The average Bonchev–Trinajstić information content (AvgIpc) is 3.47. The number of fused-ring (bicyclic) bond motifs is 2. The van der Waals surface area contributed by atoms with Gasteiger partial charge in [0.1, 0.15) is 27.2 Å². The summed E-state index contributed by atoms with van der Waals surface area (Å²) in [7, 11) is 1.62. The van der Waals surface area contributed by atoms with E-state index in [1.54, 1.807) is 44.8 Å². The highest BCUT2D eigenvalue weighted by Crippen LogP contribution is 2.66. The topological polar surface area (TPSA) is 108 Å². The molecular formula is C26H23ClF2N6O2S2. The maximum absolute atomic E-state index is 15.3. The molecule has 1 aliphatic carbocycles. The lowest BCUT2D eigenvalue weighted by Gasteiger charge is -2.34. The second-order valence-corrected chi connectivity index (χ2v) is 12.8. The zero-order valence-electron chi connectivity index (χ0n) is 20.9. The molecule has 1 fully saturated rings. The summed E-state index contributed by atoms with van der Waals surface area (Å²) in [5.41, 5.74) is 6.09. The van der Waals surface area contributed by atoms with Crippen molar-refractivity contribution in [3.8, 4) is 5.75 Å². The van der Waals surface area contributed by atoms with Crippen LogP contribution in [0.3, 0.4) is 0 Å². The fraction of sp³-hybridized carbons (Fsp3) is 0.308.